The third-order valence-electron chi connectivity index (χ3n) is 7.21. The highest BCUT2D eigenvalue weighted by Gasteiger charge is 2.77. The first kappa shape index (κ1) is 21.5. The topological polar surface area (TPSA) is 65.5 Å². The lowest BCUT2D eigenvalue weighted by atomic mass is 9.73. The molecule has 6 rings (SSSR count). The van der Waals surface area contributed by atoms with E-state index in [1.165, 1.54) is 11.8 Å². The predicted octanol–water partition coefficient (Wildman–Crippen LogP) is 3.76. The molecule has 170 valence electrons. The lowest BCUT2D eigenvalue weighted by molar-refractivity contribution is -0.138. The van der Waals surface area contributed by atoms with Crippen molar-refractivity contribution in [3.63, 3.8) is 0 Å². The summed E-state index contributed by atoms with van der Waals surface area (Å²) in [5, 5.41) is 3.06. The fourth-order valence-electron chi connectivity index (χ4n) is 5.82. The number of hydrogen-bond acceptors (Lipinski definition) is 6. The van der Waals surface area contributed by atoms with Crippen LogP contribution in [0.25, 0.3) is 0 Å². The number of thiocarbonyl (C=S) groups is 1. The highest BCUT2D eigenvalue weighted by Crippen LogP contribution is 2.65. The number of aromatic nitrogens is 1. The van der Waals surface area contributed by atoms with E-state index >= 15 is 0 Å². The van der Waals surface area contributed by atoms with E-state index in [0.29, 0.717) is 17.4 Å². The SMILES string of the molecule is CN1C[C@H](c2ccccn2)[C@@]2(SC(=S)N(Cc3ccccc3)C2=O)[C@@]12C(=O)Nc1ccccc12. The van der Waals surface area contributed by atoms with E-state index in [4.69, 9.17) is 12.2 Å². The molecule has 0 bridgehead atoms. The number of pyridine rings is 1. The summed E-state index contributed by atoms with van der Waals surface area (Å²) >= 11 is 7.17. The second-order valence-electron chi connectivity index (χ2n) is 8.88. The van der Waals surface area contributed by atoms with Crippen LogP contribution in [0.2, 0.25) is 0 Å². The maximum absolute atomic E-state index is 14.6. The molecule has 3 aromatic rings. The van der Waals surface area contributed by atoms with E-state index < -0.39 is 10.3 Å². The summed E-state index contributed by atoms with van der Waals surface area (Å²) in [5.74, 6) is -0.662. The number of likely N-dealkylation sites (tertiary alicyclic amines) is 1. The van der Waals surface area contributed by atoms with Gasteiger partial charge in [0.05, 0.1) is 6.54 Å². The smallest absolute Gasteiger partial charge is 0.251 e. The number of carbonyl (C=O) groups is 2. The minimum atomic E-state index is -1.21. The van der Waals surface area contributed by atoms with Crippen LogP contribution in [0.15, 0.2) is 79.0 Å². The maximum atomic E-state index is 14.6. The summed E-state index contributed by atoms with van der Waals surface area (Å²) in [4.78, 5) is 36.8. The molecule has 8 heteroatoms. The van der Waals surface area contributed by atoms with Gasteiger partial charge in [0.15, 0.2) is 5.54 Å². The lowest BCUT2D eigenvalue weighted by Crippen LogP contribution is -2.61. The standard InChI is InChI=1S/C26H22N4O2S2/c1-29-16-19(20-12-7-8-14-27-20)26(25(29)18-11-5-6-13-21(18)28-22(25)31)23(32)30(24(33)34-26)15-17-9-3-2-4-10-17/h2-14,19H,15-16H2,1H3,(H,28,31)/t19-,25-,26+/m1/s1. The monoisotopic (exact) mass is 486 g/mol. The molecule has 3 atom stereocenters. The van der Waals surface area contributed by atoms with Crippen LogP contribution in [0.4, 0.5) is 5.69 Å². The number of anilines is 1. The van der Waals surface area contributed by atoms with Crippen molar-refractivity contribution >= 4 is 45.8 Å². The number of amides is 2. The Kier molecular flexibility index (Phi) is 4.88. The van der Waals surface area contributed by atoms with E-state index in [2.05, 4.69) is 10.3 Å². The van der Waals surface area contributed by atoms with Gasteiger partial charge >= 0.3 is 0 Å². The fourth-order valence-corrected chi connectivity index (χ4v) is 7.94. The summed E-state index contributed by atoms with van der Waals surface area (Å²) in [5.41, 5.74) is 2.12. The molecular weight excluding hydrogens is 464 g/mol. The zero-order valence-electron chi connectivity index (χ0n) is 18.5. The number of nitrogens with zero attached hydrogens (tertiary/aromatic N) is 3. The molecular formula is C26H22N4O2S2. The normalized spacial score (nSPS) is 28.2. The second-order valence-corrected chi connectivity index (χ2v) is 10.8. The summed E-state index contributed by atoms with van der Waals surface area (Å²) < 4.78 is -0.694. The van der Waals surface area contributed by atoms with Crippen molar-refractivity contribution in [1.29, 1.82) is 0 Å². The lowest BCUT2D eigenvalue weighted by Gasteiger charge is -2.41. The predicted molar refractivity (Wildman–Crippen MR) is 136 cm³/mol. The van der Waals surface area contributed by atoms with E-state index in [-0.39, 0.29) is 17.7 Å². The molecule has 0 saturated carbocycles. The molecule has 2 spiro atoms. The van der Waals surface area contributed by atoms with Crippen LogP contribution >= 0.6 is 24.0 Å². The second kappa shape index (κ2) is 7.73. The molecule has 2 aromatic carbocycles. The van der Waals surface area contributed by atoms with Gasteiger partial charge in [-0.05, 0) is 30.8 Å². The van der Waals surface area contributed by atoms with Gasteiger partial charge in [-0.25, -0.2) is 0 Å². The zero-order chi connectivity index (χ0) is 23.5. The van der Waals surface area contributed by atoms with Crippen molar-refractivity contribution in [3.05, 3.63) is 95.8 Å². The number of nitrogens with one attached hydrogen (secondary N) is 1. The van der Waals surface area contributed by atoms with Crippen molar-refractivity contribution in [1.82, 2.24) is 14.8 Å². The molecule has 34 heavy (non-hydrogen) atoms. The van der Waals surface area contributed by atoms with E-state index in [1.54, 1.807) is 11.1 Å². The molecule has 2 saturated heterocycles. The quantitative estimate of drug-likeness (QED) is 0.569. The highest BCUT2D eigenvalue weighted by atomic mass is 32.2. The van der Waals surface area contributed by atoms with Crippen LogP contribution in [-0.2, 0) is 21.7 Å². The maximum Gasteiger partial charge on any atom is 0.251 e. The zero-order valence-corrected chi connectivity index (χ0v) is 20.1. The van der Waals surface area contributed by atoms with Gasteiger partial charge < -0.3 is 5.32 Å². The number of likely N-dealkylation sites (N-methyl/N-ethyl adjacent to an activating group) is 1. The van der Waals surface area contributed by atoms with Crippen molar-refractivity contribution in [2.24, 2.45) is 0 Å². The molecule has 0 aliphatic carbocycles. The van der Waals surface area contributed by atoms with Crippen LogP contribution < -0.4 is 5.32 Å². The van der Waals surface area contributed by atoms with Crippen LogP contribution in [0.5, 0.6) is 0 Å². The van der Waals surface area contributed by atoms with Crippen LogP contribution in [-0.4, -0.2) is 49.3 Å². The summed E-state index contributed by atoms with van der Waals surface area (Å²) in [6, 6.07) is 23.2. The van der Waals surface area contributed by atoms with Crippen LogP contribution in [0.1, 0.15) is 22.7 Å². The van der Waals surface area contributed by atoms with E-state index in [1.807, 2.05) is 84.7 Å². The summed E-state index contributed by atoms with van der Waals surface area (Å²) in [7, 11) is 1.92. The Bertz CT molecular complexity index is 1320. The number of para-hydroxylation sites is 1. The first-order chi connectivity index (χ1) is 16.5. The first-order valence-electron chi connectivity index (χ1n) is 11.1. The molecule has 3 aliphatic heterocycles. The molecule has 1 aromatic heterocycles. The Hall–Kier alpha value is -3.07. The minimum Gasteiger partial charge on any atom is -0.324 e. The summed E-state index contributed by atoms with van der Waals surface area (Å²) in [6.45, 7) is 0.866. The Morgan fingerprint density at radius 2 is 1.79 bits per heavy atom. The Morgan fingerprint density at radius 1 is 1.06 bits per heavy atom. The highest BCUT2D eigenvalue weighted by molar-refractivity contribution is 8.25. The third kappa shape index (κ3) is 2.67. The van der Waals surface area contributed by atoms with Gasteiger partial charge in [-0.1, -0.05) is 78.6 Å². The number of benzene rings is 2. The van der Waals surface area contributed by atoms with Gasteiger partial charge in [-0.15, -0.1) is 0 Å². The number of thioether (sulfide) groups is 1. The molecule has 0 radical (unpaired) electrons. The Labute approximate surface area is 207 Å². The van der Waals surface area contributed by atoms with Gasteiger partial charge in [0.25, 0.3) is 5.91 Å². The minimum absolute atomic E-state index is 0.141. The van der Waals surface area contributed by atoms with Crippen LogP contribution in [0.3, 0.4) is 0 Å². The molecule has 2 amide bonds. The van der Waals surface area contributed by atoms with Crippen molar-refractivity contribution in [2.75, 3.05) is 18.9 Å². The molecule has 1 N–H and O–H groups in total. The average Bonchev–Trinajstić information content (AvgIpc) is 3.40. The average molecular weight is 487 g/mol. The van der Waals surface area contributed by atoms with Crippen molar-refractivity contribution in [2.45, 2.75) is 22.7 Å². The third-order valence-corrected chi connectivity index (χ3v) is 9.15. The first-order valence-corrected chi connectivity index (χ1v) is 12.3. The molecule has 3 aliphatic rings. The number of carbonyl (C=O) groups excluding carboxylic acids is 2. The van der Waals surface area contributed by atoms with Gasteiger partial charge in [-0.2, -0.15) is 0 Å². The van der Waals surface area contributed by atoms with E-state index in [9.17, 15) is 9.59 Å². The fraction of sp³-hybridized carbons (Fsp3) is 0.231. The number of rotatable bonds is 3. The van der Waals surface area contributed by atoms with E-state index in [0.717, 1.165) is 22.5 Å². The van der Waals surface area contributed by atoms with Gasteiger partial charge in [0.1, 0.15) is 9.07 Å². The van der Waals surface area contributed by atoms with Gasteiger partial charge in [-0.3, -0.25) is 24.4 Å². The molecule has 0 unspecified atom stereocenters. The van der Waals surface area contributed by atoms with Gasteiger partial charge in [0.2, 0.25) is 5.91 Å². The number of fused-ring (bicyclic) bond motifs is 3. The largest absolute Gasteiger partial charge is 0.324 e. The summed E-state index contributed by atoms with van der Waals surface area (Å²) in [6.07, 6.45) is 1.74. The van der Waals surface area contributed by atoms with Crippen molar-refractivity contribution in [3.8, 4) is 0 Å². The Morgan fingerprint density at radius 3 is 2.56 bits per heavy atom. The Balaban J connectivity index is 1.57. The molecule has 6 nitrogen and oxygen atoms in total. The van der Waals surface area contributed by atoms with Gasteiger partial charge in [0, 0.05) is 35.6 Å². The molecule has 4 heterocycles. The van der Waals surface area contributed by atoms with Crippen molar-refractivity contribution < 1.29 is 9.59 Å². The number of hydrogen-bond donors (Lipinski definition) is 1. The molecule has 2 fully saturated rings. The van der Waals surface area contributed by atoms with Crippen LogP contribution in [0, 0.1) is 0 Å².